The summed E-state index contributed by atoms with van der Waals surface area (Å²) >= 11 is 0. The Labute approximate surface area is 186 Å². The van der Waals surface area contributed by atoms with E-state index in [9.17, 15) is 14.9 Å². The van der Waals surface area contributed by atoms with Crippen molar-refractivity contribution in [2.75, 3.05) is 49.6 Å². The van der Waals surface area contributed by atoms with Gasteiger partial charge in [0.25, 0.3) is 0 Å². The topological polar surface area (TPSA) is 123 Å². The number of hydrogen-bond acceptors (Lipinski definition) is 9. The molecular weight excluding hydrogens is 416 g/mol. The SMILES string of the molecule is CCCCOc1ccc(Nc2ncnc(N3CCN(C(=O)OCC)CC3)c2[N+](=O)[O-])cc1. The van der Waals surface area contributed by atoms with E-state index >= 15 is 0 Å². The molecule has 1 aliphatic heterocycles. The molecule has 172 valence electrons. The number of nitrogens with one attached hydrogen (secondary N) is 1. The van der Waals surface area contributed by atoms with Gasteiger partial charge in [0.2, 0.25) is 11.6 Å². The molecule has 1 fully saturated rings. The van der Waals surface area contributed by atoms with E-state index in [4.69, 9.17) is 9.47 Å². The first-order valence-electron chi connectivity index (χ1n) is 10.7. The van der Waals surface area contributed by atoms with Crippen LogP contribution >= 0.6 is 0 Å². The van der Waals surface area contributed by atoms with Gasteiger partial charge in [-0.3, -0.25) is 10.1 Å². The van der Waals surface area contributed by atoms with Gasteiger partial charge in [0.05, 0.1) is 18.1 Å². The number of carbonyl (C=O) groups excluding carboxylic acids is 1. The summed E-state index contributed by atoms with van der Waals surface area (Å²) in [7, 11) is 0. The van der Waals surface area contributed by atoms with E-state index in [1.54, 1.807) is 41.0 Å². The van der Waals surface area contributed by atoms with Gasteiger partial charge in [-0.2, -0.15) is 0 Å². The van der Waals surface area contributed by atoms with Gasteiger partial charge in [0.15, 0.2) is 0 Å². The predicted octanol–water partition coefficient (Wildman–Crippen LogP) is 3.59. The number of amides is 1. The second-order valence-electron chi connectivity index (χ2n) is 7.18. The summed E-state index contributed by atoms with van der Waals surface area (Å²) < 4.78 is 10.7. The minimum atomic E-state index is -0.488. The van der Waals surface area contributed by atoms with Crippen LogP contribution in [0.5, 0.6) is 5.75 Å². The molecule has 0 radical (unpaired) electrons. The quantitative estimate of drug-likeness (QED) is 0.351. The molecule has 0 spiro atoms. The Balaban J connectivity index is 1.73. The van der Waals surface area contributed by atoms with Gasteiger partial charge in [0, 0.05) is 31.9 Å². The van der Waals surface area contributed by atoms with Crippen LogP contribution in [0.1, 0.15) is 26.7 Å². The number of ether oxygens (including phenoxy) is 2. The van der Waals surface area contributed by atoms with E-state index in [0.717, 1.165) is 18.6 Å². The maximum Gasteiger partial charge on any atom is 0.409 e. The number of hydrogen-bond donors (Lipinski definition) is 1. The maximum atomic E-state index is 11.9. The maximum absolute atomic E-state index is 11.9. The number of benzene rings is 1. The van der Waals surface area contributed by atoms with Crippen LogP contribution in [0.15, 0.2) is 30.6 Å². The zero-order chi connectivity index (χ0) is 22.9. The minimum Gasteiger partial charge on any atom is -0.494 e. The Morgan fingerprint density at radius 3 is 2.50 bits per heavy atom. The Kier molecular flexibility index (Phi) is 8.01. The number of unbranched alkanes of at least 4 members (excludes halogenated alkanes) is 1. The monoisotopic (exact) mass is 444 g/mol. The number of aromatic nitrogens is 2. The molecule has 1 aromatic heterocycles. The van der Waals surface area contributed by atoms with Crippen LogP contribution in [0.2, 0.25) is 0 Å². The molecule has 2 heterocycles. The molecule has 1 N–H and O–H groups in total. The third-order valence-corrected chi connectivity index (χ3v) is 4.97. The lowest BCUT2D eigenvalue weighted by molar-refractivity contribution is -0.383. The number of rotatable bonds is 9. The highest BCUT2D eigenvalue weighted by molar-refractivity contribution is 5.75. The molecule has 11 heteroatoms. The van der Waals surface area contributed by atoms with Gasteiger partial charge in [-0.15, -0.1) is 0 Å². The van der Waals surface area contributed by atoms with Crippen molar-refractivity contribution in [3.05, 3.63) is 40.7 Å². The van der Waals surface area contributed by atoms with E-state index in [2.05, 4.69) is 22.2 Å². The third kappa shape index (κ3) is 5.74. The fourth-order valence-corrected chi connectivity index (χ4v) is 3.28. The predicted molar refractivity (Wildman–Crippen MR) is 120 cm³/mol. The number of piperazine rings is 1. The van der Waals surface area contributed by atoms with E-state index in [1.165, 1.54) is 6.33 Å². The number of nitrogens with zero attached hydrogens (tertiary/aromatic N) is 5. The summed E-state index contributed by atoms with van der Waals surface area (Å²) in [5, 5.41) is 14.9. The Morgan fingerprint density at radius 1 is 1.16 bits per heavy atom. The number of anilines is 3. The Hall–Kier alpha value is -3.63. The smallest absolute Gasteiger partial charge is 0.409 e. The molecule has 32 heavy (non-hydrogen) atoms. The molecule has 1 amide bonds. The first-order chi connectivity index (χ1) is 15.5. The molecular formula is C21H28N6O5. The van der Waals surface area contributed by atoms with Crippen molar-refractivity contribution in [3.8, 4) is 5.75 Å². The summed E-state index contributed by atoms with van der Waals surface area (Å²) in [6.07, 6.45) is 2.94. The zero-order valence-electron chi connectivity index (χ0n) is 18.3. The highest BCUT2D eigenvalue weighted by Crippen LogP contribution is 2.34. The summed E-state index contributed by atoms with van der Waals surface area (Å²) in [6, 6.07) is 7.18. The summed E-state index contributed by atoms with van der Waals surface area (Å²) in [4.78, 5) is 34.9. The van der Waals surface area contributed by atoms with E-state index in [1.807, 2.05) is 0 Å². The number of nitro groups is 1. The number of carbonyl (C=O) groups is 1. The molecule has 0 bridgehead atoms. The van der Waals surface area contributed by atoms with Crippen molar-refractivity contribution < 1.29 is 19.2 Å². The van der Waals surface area contributed by atoms with Crippen LogP contribution in [0.4, 0.5) is 27.8 Å². The van der Waals surface area contributed by atoms with Crippen LogP contribution < -0.4 is 15.0 Å². The lowest BCUT2D eigenvalue weighted by Crippen LogP contribution is -2.49. The summed E-state index contributed by atoms with van der Waals surface area (Å²) in [6.45, 7) is 6.38. The lowest BCUT2D eigenvalue weighted by atomic mass is 10.2. The van der Waals surface area contributed by atoms with Crippen LogP contribution in [0.25, 0.3) is 0 Å². The highest BCUT2D eigenvalue weighted by Gasteiger charge is 2.30. The molecule has 1 aliphatic rings. The van der Waals surface area contributed by atoms with Crippen molar-refractivity contribution in [3.63, 3.8) is 0 Å². The summed E-state index contributed by atoms with van der Waals surface area (Å²) in [5.74, 6) is 1.06. The molecule has 1 aromatic carbocycles. The molecule has 0 atom stereocenters. The van der Waals surface area contributed by atoms with Crippen molar-refractivity contribution in [2.45, 2.75) is 26.7 Å². The highest BCUT2D eigenvalue weighted by atomic mass is 16.6. The first kappa shape index (κ1) is 23.0. The van der Waals surface area contributed by atoms with Crippen molar-refractivity contribution in [2.24, 2.45) is 0 Å². The van der Waals surface area contributed by atoms with Gasteiger partial charge < -0.3 is 24.6 Å². The molecule has 1 saturated heterocycles. The second-order valence-corrected chi connectivity index (χ2v) is 7.18. The fourth-order valence-electron chi connectivity index (χ4n) is 3.28. The van der Waals surface area contributed by atoms with E-state index in [-0.39, 0.29) is 23.4 Å². The average Bonchev–Trinajstić information content (AvgIpc) is 2.80. The fraction of sp³-hybridized carbons (Fsp3) is 0.476. The van der Waals surface area contributed by atoms with Gasteiger partial charge >= 0.3 is 11.8 Å². The molecule has 2 aromatic rings. The van der Waals surface area contributed by atoms with Crippen LogP contribution in [-0.2, 0) is 4.74 Å². The van der Waals surface area contributed by atoms with Crippen LogP contribution in [-0.4, -0.2) is 65.3 Å². The van der Waals surface area contributed by atoms with Gasteiger partial charge in [-0.1, -0.05) is 13.3 Å². The Morgan fingerprint density at radius 2 is 1.88 bits per heavy atom. The normalized spacial score (nSPS) is 13.6. The van der Waals surface area contributed by atoms with Crippen molar-refractivity contribution >= 4 is 29.1 Å². The lowest BCUT2D eigenvalue weighted by Gasteiger charge is -2.34. The molecule has 0 saturated carbocycles. The molecule has 3 rings (SSSR count). The van der Waals surface area contributed by atoms with Crippen LogP contribution in [0, 0.1) is 10.1 Å². The van der Waals surface area contributed by atoms with Crippen molar-refractivity contribution in [1.29, 1.82) is 0 Å². The molecule has 11 nitrogen and oxygen atoms in total. The van der Waals surface area contributed by atoms with Gasteiger partial charge in [-0.05, 0) is 37.6 Å². The second kappa shape index (κ2) is 11.1. The van der Waals surface area contributed by atoms with Crippen molar-refractivity contribution in [1.82, 2.24) is 14.9 Å². The molecule has 0 unspecified atom stereocenters. The third-order valence-electron chi connectivity index (χ3n) is 4.97. The van der Waals surface area contributed by atoms with Gasteiger partial charge in [-0.25, -0.2) is 14.8 Å². The Bertz CT molecular complexity index is 915. The summed E-state index contributed by atoms with van der Waals surface area (Å²) in [5.41, 5.74) is 0.438. The van der Waals surface area contributed by atoms with E-state index in [0.29, 0.717) is 45.1 Å². The van der Waals surface area contributed by atoms with Gasteiger partial charge in [0.1, 0.15) is 12.1 Å². The minimum absolute atomic E-state index is 0.104. The zero-order valence-corrected chi connectivity index (χ0v) is 18.3. The van der Waals surface area contributed by atoms with Crippen LogP contribution in [0.3, 0.4) is 0 Å². The largest absolute Gasteiger partial charge is 0.494 e. The standard InChI is InChI=1S/C21H28N6O5/c1-3-5-14-32-17-8-6-16(7-9-17)24-19-18(27(29)30)20(23-15-22-19)25-10-12-26(13-11-25)21(28)31-4-2/h6-9,15H,3-5,10-14H2,1-2H3,(H,22,23,24). The molecule has 0 aliphatic carbocycles. The van der Waals surface area contributed by atoms with E-state index < -0.39 is 4.92 Å². The first-order valence-corrected chi connectivity index (χ1v) is 10.7. The average molecular weight is 444 g/mol.